The molecule has 0 bridgehead atoms. The summed E-state index contributed by atoms with van der Waals surface area (Å²) in [7, 11) is 1.89. The zero-order valence-electron chi connectivity index (χ0n) is 17.7. The minimum Gasteiger partial charge on any atom is -0.488 e. The van der Waals surface area contributed by atoms with Crippen molar-refractivity contribution in [1.29, 1.82) is 0 Å². The van der Waals surface area contributed by atoms with Crippen LogP contribution in [0.3, 0.4) is 0 Å². The Labute approximate surface area is 186 Å². The molecule has 4 aromatic rings. The molecule has 0 amide bonds. The number of aryl methyl sites for hydroxylation is 1. The van der Waals surface area contributed by atoms with Crippen LogP contribution >= 0.6 is 0 Å². The van der Waals surface area contributed by atoms with Gasteiger partial charge in [-0.25, -0.2) is 4.98 Å². The number of ketones is 1. The third kappa shape index (κ3) is 4.21. The molecule has 2 aromatic carbocycles. The Bertz CT molecular complexity index is 1290. The molecule has 0 fully saturated rings. The normalized spacial score (nSPS) is 12.9. The molecule has 1 aliphatic rings. The second-order valence-electron chi connectivity index (χ2n) is 7.85. The Morgan fingerprint density at radius 3 is 2.50 bits per heavy atom. The molecule has 0 radical (unpaired) electrons. The molecule has 0 unspecified atom stereocenters. The third-order valence-electron chi connectivity index (χ3n) is 5.39. The number of hydrogen-bond donors (Lipinski definition) is 0. The van der Waals surface area contributed by atoms with Gasteiger partial charge in [0.2, 0.25) is 0 Å². The number of ether oxygens (including phenoxy) is 1. The minimum absolute atomic E-state index is 0.0198. The number of carbonyl (C=O) groups excluding carboxylic acids is 1. The highest BCUT2D eigenvalue weighted by atomic mass is 16.5. The molecule has 32 heavy (non-hydrogen) atoms. The summed E-state index contributed by atoms with van der Waals surface area (Å²) in [5.74, 6) is 0.769. The number of fused-ring (bicyclic) bond motifs is 1. The fraction of sp³-hybridized carbons (Fsp3) is 0.154. The molecule has 2 aromatic heterocycles. The van der Waals surface area contributed by atoms with Crippen LogP contribution in [0.5, 0.6) is 5.75 Å². The summed E-state index contributed by atoms with van der Waals surface area (Å²) >= 11 is 0. The quantitative estimate of drug-likeness (QED) is 0.447. The van der Waals surface area contributed by atoms with Crippen molar-refractivity contribution in [2.45, 2.75) is 12.8 Å². The molecule has 5 rings (SSSR count). The van der Waals surface area contributed by atoms with Crippen LogP contribution in [0.15, 0.2) is 84.4 Å². The van der Waals surface area contributed by atoms with Crippen molar-refractivity contribution in [2.75, 3.05) is 6.61 Å². The minimum atomic E-state index is 0.0198. The predicted molar refractivity (Wildman–Crippen MR) is 124 cm³/mol. The van der Waals surface area contributed by atoms with Gasteiger partial charge in [0.25, 0.3) is 0 Å². The van der Waals surface area contributed by atoms with E-state index in [0.29, 0.717) is 28.4 Å². The van der Waals surface area contributed by atoms with Crippen LogP contribution in [0.2, 0.25) is 0 Å². The summed E-state index contributed by atoms with van der Waals surface area (Å²) in [6.07, 6.45) is 6.32. The summed E-state index contributed by atoms with van der Waals surface area (Å²) < 4.78 is 7.78. The molecule has 1 aliphatic heterocycles. The Balaban J connectivity index is 1.32. The molecule has 0 aliphatic carbocycles. The van der Waals surface area contributed by atoms with Gasteiger partial charge in [0.1, 0.15) is 29.4 Å². The predicted octanol–water partition coefficient (Wildman–Crippen LogP) is 4.81. The lowest BCUT2D eigenvalue weighted by Crippen LogP contribution is -2.20. The van der Waals surface area contributed by atoms with Gasteiger partial charge in [0.05, 0.1) is 18.5 Å². The summed E-state index contributed by atoms with van der Waals surface area (Å²) in [5, 5.41) is 0. The molecule has 0 saturated carbocycles. The fourth-order valence-corrected chi connectivity index (χ4v) is 3.78. The zero-order chi connectivity index (χ0) is 21.9. The molecule has 0 spiro atoms. The summed E-state index contributed by atoms with van der Waals surface area (Å²) in [6, 6.07) is 20.1. The monoisotopic (exact) mass is 422 g/mol. The highest BCUT2D eigenvalue weighted by Crippen LogP contribution is 2.34. The number of nitrogens with zero attached hydrogens (tertiary/aromatic N) is 4. The van der Waals surface area contributed by atoms with Crippen molar-refractivity contribution in [2.24, 2.45) is 12.0 Å². The standard InChI is InChI=1S/C26H22N4O2/c1-30-15-23(28-17-30)26-25-22(11-12-27-26)24(31)14-20(29-25)16-32-21-9-7-19(8-10-21)13-18-5-3-2-4-6-18/h2-12,15,17H,13-14,16H2,1H3. The number of hydrogen-bond acceptors (Lipinski definition) is 5. The van der Waals surface area contributed by atoms with Crippen molar-refractivity contribution >= 4 is 17.2 Å². The number of Topliss-reactive ketones (excluding diaryl/α,β-unsaturated/α-hetero) is 1. The first-order valence-corrected chi connectivity index (χ1v) is 10.5. The number of pyridine rings is 1. The highest BCUT2D eigenvalue weighted by molar-refractivity contribution is 6.17. The first-order valence-electron chi connectivity index (χ1n) is 10.5. The summed E-state index contributed by atoms with van der Waals surface area (Å²) in [6.45, 7) is 0.250. The van der Waals surface area contributed by atoms with E-state index in [2.05, 4.69) is 34.2 Å². The number of imidazole rings is 1. The maximum absolute atomic E-state index is 12.7. The van der Waals surface area contributed by atoms with E-state index < -0.39 is 0 Å². The Kier molecular flexibility index (Phi) is 5.34. The van der Waals surface area contributed by atoms with Gasteiger partial charge in [-0.15, -0.1) is 0 Å². The fourth-order valence-electron chi connectivity index (χ4n) is 3.78. The van der Waals surface area contributed by atoms with E-state index in [1.54, 1.807) is 18.6 Å². The maximum Gasteiger partial charge on any atom is 0.170 e. The lowest BCUT2D eigenvalue weighted by Gasteiger charge is -2.17. The van der Waals surface area contributed by atoms with E-state index in [0.717, 1.165) is 12.2 Å². The van der Waals surface area contributed by atoms with Crippen molar-refractivity contribution in [1.82, 2.24) is 14.5 Å². The molecule has 6 nitrogen and oxygen atoms in total. The van der Waals surface area contributed by atoms with Gasteiger partial charge in [-0.2, -0.15) is 0 Å². The van der Waals surface area contributed by atoms with Crippen LogP contribution < -0.4 is 4.74 Å². The second kappa shape index (κ2) is 8.59. The van der Waals surface area contributed by atoms with E-state index in [4.69, 9.17) is 9.73 Å². The Morgan fingerprint density at radius 1 is 0.969 bits per heavy atom. The van der Waals surface area contributed by atoms with E-state index in [-0.39, 0.29) is 18.8 Å². The van der Waals surface area contributed by atoms with Crippen molar-refractivity contribution in [3.05, 3.63) is 96.1 Å². The van der Waals surface area contributed by atoms with Crippen molar-refractivity contribution in [3.8, 4) is 17.1 Å². The molecule has 0 saturated heterocycles. The van der Waals surface area contributed by atoms with Crippen LogP contribution in [0.1, 0.15) is 27.9 Å². The van der Waals surface area contributed by atoms with Gasteiger partial charge >= 0.3 is 0 Å². The number of aromatic nitrogens is 3. The first kappa shape index (κ1) is 19.9. The van der Waals surface area contributed by atoms with E-state index in [1.165, 1.54) is 11.1 Å². The molecular formula is C26H22N4O2. The van der Waals surface area contributed by atoms with Gasteiger partial charge in [-0.05, 0) is 35.7 Å². The topological polar surface area (TPSA) is 69.4 Å². The van der Waals surface area contributed by atoms with E-state index in [1.807, 2.05) is 48.1 Å². The Hall–Kier alpha value is -4.06. The number of carbonyl (C=O) groups is 1. The van der Waals surface area contributed by atoms with Crippen LogP contribution in [0.25, 0.3) is 11.4 Å². The van der Waals surface area contributed by atoms with Crippen LogP contribution in [-0.2, 0) is 13.5 Å². The summed E-state index contributed by atoms with van der Waals surface area (Å²) in [4.78, 5) is 26.2. The van der Waals surface area contributed by atoms with Gasteiger partial charge in [-0.3, -0.25) is 14.8 Å². The van der Waals surface area contributed by atoms with Crippen LogP contribution in [0.4, 0.5) is 5.69 Å². The van der Waals surface area contributed by atoms with E-state index in [9.17, 15) is 4.79 Å². The second-order valence-corrected chi connectivity index (χ2v) is 7.85. The largest absolute Gasteiger partial charge is 0.488 e. The number of benzene rings is 2. The van der Waals surface area contributed by atoms with Gasteiger partial charge in [0, 0.05) is 25.0 Å². The van der Waals surface area contributed by atoms with E-state index >= 15 is 0 Å². The van der Waals surface area contributed by atoms with Gasteiger partial charge < -0.3 is 9.30 Å². The average Bonchev–Trinajstić information content (AvgIpc) is 3.25. The molecule has 0 N–H and O–H groups in total. The third-order valence-corrected chi connectivity index (χ3v) is 5.39. The molecule has 3 heterocycles. The average molecular weight is 422 g/mol. The maximum atomic E-state index is 12.7. The zero-order valence-corrected chi connectivity index (χ0v) is 17.7. The SMILES string of the molecule is Cn1cnc(-c2nccc3c2N=C(COc2ccc(Cc4ccccc4)cc2)CC3=O)c1. The molecule has 6 heteroatoms. The lowest BCUT2D eigenvalue weighted by molar-refractivity contribution is 0.0998. The van der Waals surface area contributed by atoms with Gasteiger partial charge in [0.15, 0.2) is 5.78 Å². The van der Waals surface area contributed by atoms with Crippen LogP contribution in [0, 0.1) is 0 Å². The molecule has 158 valence electrons. The van der Waals surface area contributed by atoms with Crippen LogP contribution in [-0.4, -0.2) is 32.6 Å². The smallest absolute Gasteiger partial charge is 0.170 e. The summed E-state index contributed by atoms with van der Waals surface area (Å²) in [5.41, 5.74) is 5.62. The molecular weight excluding hydrogens is 400 g/mol. The number of rotatable bonds is 6. The highest BCUT2D eigenvalue weighted by Gasteiger charge is 2.24. The van der Waals surface area contributed by atoms with Crippen molar-refractivity contribution < 1.29 is 9.53 Å². The Morgan fingerprint density at radius 2 is 1.75 bits per heavy atom. The molecule has 0 atom stereocenters. The lowest BCUT2D eigenvalue weighted by atomic mass is 9.99. The van der Waals surface area contributed by atoms with Crippen molar-refractivity contribution in [3.63, 3.8) is 0 Å². The number of aliphatic imine (C=N–C) groups is 1. The van der Waals surface area contributed by atoms with Gasteiger partial charge in [-0.1, -0.05) is 42.5 Å². The first-order chi connectivity index (χ1) is 15.7.